The largest absolute Gasteiger partial charge is 0.289 e. The highest BCUT2D eigenvalue weighted by atomic mass is 19.1. The van der Waals surface area contributed by atoms with Crippen LogP contribution in [0.25, 0.3) is 0 Å². The van der Waals surface area contributed by atoms with Gasteiger partial charge in [0.2, 0.25) is 0 Å². The van der Waals surface area contributed by atoms with Crippen molar-refractivity contribution in [3.05, 3.63) is 35.6 Å². The van der Waals surface area contributed by atoms with Gasteiger partial charge in [-0.2, -0.15) is 0 Å². The number of rotatable bonds is 4. The average molecular weight is 193 g/mol. The van der Waals surface area contributed by atoms with E-state index in [1.165, 1.54) is 12.1 Å². The maximum absolute atomic E-state index is 12.6. The summed E-state index contributed by atoms with van der Waals surface area (Å²) in [5.41, 5.74) is 0.957. The van der Waals surface area contributed by atoms with Gasteiger partial charge in [0.15, 0.2) is 0 Å². The van der Waals surface area contributed by atoms with Crippen molar-refractivity contribution in [3.63, 3.8) is 0 Å². The smallest absolute Gasteiger partial charge is 0.123 e. The zero-order valence-electron chi connectivity index (χ0n) is 8.70. The molecule has 1 aromatic carbocycles. The summed E-state index contributed by atoms with van der Waals surface area (Å²) in [7, 11) is 0. The fraction of sp³-hybridized carbons (Fsp3) is 0.417. The van der Waals surface area contributed by atoms with Crippen LogP contribution in [0.5, 0.6) is 0 Å². The molecule has 14 heavy (non-hydrogen) atoms. The summed E-state index contributed by atoms with van der Waals surface area (Å²) >= 11 is 0. The highest BCUT2D eigenvalue weighted by molar-refractivity contribution is 5.79. The lowest BCUT2D eigenvalue weighted by atomic mass is 10.2. The molecule has 1 nitrogen and oxygen atoms in total. The number of nitrogens with zero attached hydrogens (tertiary/aromatic N) is 1. The zero-order chi connectivity index (χ0) is 10.4. The molecule has 0 N–H and O–H groups in total. The maximum atomic E-state index is 12.6. The van der Waals surface area contributed by atoms with Crippen molar-refractivity contribution >= 4 is 6.21 Å². The molecule has 76 valence electrons. The highest BCUT2D eigenvalue weighted by Gasteiger charge is 1.97. The minimum atomic E-state index is -0.204. The van der Waals surface area contributed by atoms with Gasteiger partial charge < -0.3 is 0 Å². The molecule has 0 radical (unpaired) electrons. The normalized spacial score (nSPS) is 11.4. The molecule has 0 fully saturated rings. The van der Waals surface area contributed by atoms with Crippen molar-refractivity contribution in [3.8, 4) is 0 Å². The van der Waals surface area contributed by atoms with E-state index in [0.717, 1.165) is 18.4 Å². The molecule has 0 aliphatic carbocycles. The maximum Gasteiger partial charge on any atom is 0.123 e. The number of aliphatic imine (C=N–C) groups is 1. The Kier molecular flexibility index (Phi) is 4.30. The molecule has 1 aromatic rings. The molecular weight excluding hydrogens is 177 g/mol. The fourth-order valence-electron chi connectivity index (χ4n) is 1.24. The van der Waals surface area contributed by atoms with Crippen LogP contribution >= 0.6 is 0 Å². The van der Waals surface area contributed by atoms with Crippen LogP contribution in [0, 0.1) is 5.82 Å². The van der Waals surface area contributed by atoms with E-state index in [4.69, 9.17) is 0 Å². The van der Waals surface area contributed by atoms with Crippen LogP contribution in [0.4, 0.5) is 4.39 Å². The minimum Gasteiger partial charge on any atom is -0.289 e. The van der Waals surface area contributed by atoms with Gasteiger partial charge in [-0.05, 0) is 30.5 Å². The topological polar surface area (TPSA) is 12.4 Å². The fourth-order valence-corrected chi connectivity index (χ4v) is 1.24. The third-order valence-corrected chi connectivity index (χ3v) is 2.25. The molecule has 0 aliphatic rings. The van der Waals surface area contributed by atoms with E-state index in [0.29, 0.717) is 6.04 Å². The zero-order valence-corrected chi connectivity index (χ0v) is 8.70. The van der Waals surface area contributed by atoms with Crippen LogP contribution in [-0.2, 0) is 0 Å². The van der Waals surface area contributed by atoms with Crippen LogP contribution in [0.15, 0.2) is 29.3 Å². The first-order valence-corrected chi connectivity index (χ1v) is 5.05. The second kappa shape index (κ2) is 5.53. The van der Waals surface area contributed by atoms with Crippen LogP contribution < -0.4 is 0 Å². The molecule has 0 spiro atoms. The van der Waals surface area contributed by atoms with E-state index in [-0.39, 0.29) is 5.82 Å². The molecule has 0 bridgehead atoms. The third kappa shape index (κ3) is 3.29. The van der Waals surface area contributed by atoms with Gasteiger partial charge in [0, 0.05) is 12.3 Å². The number of halogens is 1. The molecule has 0 saturated heterocycles. The Balaban J connectivity index is 2.63. The monoisotopic (exact) mass is 193 g/mol. The quantitative estimate of drug-likeness (QED) is 0.649. The van der Waals surface area contributed by atoms with Gasteiger partial charge in [0.25, 0.3) is 0 Å². The Labute approximate surface area is 84.7 Å². The van der Waals surface area contributed by atoms with E-state index in [1.54, 1.807) is 12.1 Å². The van der Waals surface area contributed by atoms with Crippen molar-refractivity contribution < 1.29 is 4.39 Å². The summed E-state index contributed by atoms with van der Waals surface area (Å²) in [6.07, 6.45) is 3.92. The van der Waals surface area contributed by atoms with E-state index >= 15 is 0 Å². The molecule has 0 unspecified atom stereocenters. The third-order valence-electron chi connectivity index (χ3n) is 2.25. The second-order valence-electron chi connectivity index (χ2n) is 3.30. The Morgan fingerprint density at radius 2 is 1.79 bits per heavy atom. The number of benzene rings is 1. The number of hydrogen-bond donors (Lipinski definition) is 0. The van der Waals surface area contributed by atoms with E-state index < -0.39 is 0 Å². The van der Waals surface area contributed by atoms with E-state index in [1.807, 2.05) is 6.21 Å². The van der Waals surface area contributed by atoms with Crippen LogP contribution in [0.1, 0.15) is 32.3 Å². The summed E-state index contributed by atoms with van der Waals surface area (Å²) in [5.74, 6) is -0.204. The molecule has 0 heterocycles. The summed E-state index contributed by atoms with van der Waals surface area (Å²) in [5, 5.41) is 0. The first-order chi connectivity index (χ1) is 6.76. The first kappa shape index (κ1) is 10.9. The van der Waals surface area contributed by atoms with Crippen LogP contribution in [0.2, 0.25) is 0 Å². The number of hydrogen-bond acceptors (Lipinski definition) is 1. The molecule has 0 amide bonds. The van der Waals surface area contributed by atoms with Crippen molar-refractivity contribution in [2.45, 2.75) is 32.7 Å². The van der Waals surface area contributed by atoms with Gasteiger partial charge in [-0.25, -0.2) is 4.39 Å². The highest BCUT2D eigenvalue weighted by Crippen LogP contribution is 2.04. The van der Waals surface area contributed by atoms with Crippen molar-refractivity contribution in [1.29, 1.82) is 0 Å². The molecular formula is C12H16FN. The van der Waals surface area contributed by atoms with Gasteiger partial charge in [0.1, 0.15) is 5.82 Å². The summed E-state index contributed by atoms with van der Waals surface area (Å²) in [6, 6.07) is 6.77. The van der Waals surface area contributed by atoms with Gasteiger partial charge in [-0.3, -0.25) is 4.99 Å². The lowest BCUT2D eigenvalue weighted by Crippen LogP contribution is -2.00. The summed E-state index contributed by atoms with van der Waals surface area (Å²) < 4.78 is 12.6. The lowest BCUT2D eigenvalue weighted by Gasteiger charge is -2.04. The van der Waals surface area contributed by atoms with Crippen molar-refractivity contribution in [2.24, 2.45) is 4.99 Å². The summed E-state index contributed by atoms with van der Waals surface area (Å²) in [4.78, 5) is 4.41. The standard InChI is InChI=1S/C12H16FN/c1-3-12(4-2)14-9-10-5-7-11(13)8-6-10/h5-9,12H,3-4H2,1-2H3. The molecule has 1 rings (SSSR count). The van der Waals surface area contributed by atoms with Crippen molar-refractivity contribution in [1.82, 2.24) is 0 Å². The van der Waals surface area contributed by atoms with E-state index in [2.05, 4.69) is 18.8 Å². The minimum absolute atomic E-state index is 0.204. The van der Waals surface area contributed by atoms with Crippen LogP contribution in [-0.4, -0.2) is 12.3 Å². The Morgan fingerprint density at radius 3 is 2.29 bits per heavy atom. The van der Waals surface area contributed by atoms with Gasteiger partial charge in [-0.15, -0.1) is 0 Å². The molecule has 0 saturated carbocycles. The second-order valence-corrected chi connectivity index (χ2v) is 3.30. The Bertz CT molecular complexity index is 286. The predicted octanol–water partition coefficient (Wildman–Crippen LogP) is 3.43. The first-order valence-electron chi connectivity index (χ1n) is 5.05. The van der Waals surface area contributed by atoms with Gasteiger partial charge in [-0.1, -0.05) is 26.0 Å². The van der Waals surface area contributed by atoms with E-state index in [9.17, 15) is 4.39 Å². The molecule has 0 aliphatic heterocycles. The van der Waals surface area contributed by atoms with Gasteiger partial charge in [0.05, 0.1) is 0 Å². The van der Waals surface area contributed by atoms with Gasteiger partial charge >= 0.3 is 0 Å². The molecule has 0 aromatic heterocycles. The predicted molar refractivity (Wildman–Crippen MR) is 58.4 cm³/mol. The SMILES string of the molecule is CCC(CC)N=Cc1ccc(F)cc1. The Morgan fingerprint density at radius 1 is 1.21 bits per heavy atom. The molecule has 0 atom stereocenters. The van der Waals surface area contributed by atoms with Crippen molar-refractivity contribution in [2.75, 3.05) is 0 Å². The lowest BCUT2D eigenvalue weighted by molar-refractivity contribution is 0.627. The molecule has 2 heteroatoms. The Hall–Kier alpha value is -1.18. The average Bonchev–Trinajstić information content (AvgIpc) is 2.22. The summed E-state index contributed by atoms with van der Waals surface area (Å²) in [6.45, 7) is 4.24. The van der Waals surface area contributed by atoms with Crippen LogP contribution in [0.3, 0.4) is 0 Å².